The number of rotatable bonds is 7. The van der Waals surface area contributed by atoms with Gasteiger partial charge in [-0.05, 0) is 53.3 Å². The number of hydrogen-bond acceptors (Lipinski definition) is 3. The predicted molar refractivity (Wildman–Crippen MR) is 146 cm³/mol. The number of para-hydroxylation sites is 1. The smallest absolute Gasteiger partial charge is 0.122 e. The van der Waals surface area contributed by atoms with Crippen LogP contribution in [0.2, 0.25) is 12.1 Å². The van der Waals surface area contributed by atoms with Gasteiger partial charge in [-0.25, -0.2) is 0 Å². The van der Waals surface area contributed by atoms with Crippen molar-refractivity contribution in [2.24, 2.45) is 0 Å². The third kappa shape index (κ3) is 3.65. The molecule has 0 saturated heterocycles. The van der Waals surface area contributed by atoms with Gasteiger partial charge in [0.05, 0.1) is 0 Å². The minimum Gasteiger partial charge on any atom is -0.489 e. The maximum absolute atomic E-state index is 6.52. The van der Waals surface area contributed by atoms with Gasteiger partial charge in [-0.1, -0.05) is 77.6 Å². The van der Waals surface area contributed by atoms with Crippen LogP contribution in [-0.2, 0) is 5.41 Å². The van der Waals surface area contributed by atoms with Crippen LogP contribution in [0.25, 0.3) is 9.75 Å². The lowest BCUT2D eigenvalue weighted by molar-refractivity contribution is 0.353. The van der Waals surface area contributed by atoms with Gasteiger partial charge in [0.25, 0.3) is 0 Å². The Morgan fingerprint density at radius 3 is 2.03 bits per heavy atom. The lowest BCUT2D eigenvalue weighted by Gasteiger charge is -2.39. The van der Waals surface area contributed by atoms with Gasteiger partial charge in [0, 0.05) is 25.0 Å². The molecule has 3 aromatic rings. The Kier molecular flexibility index (Phi) is 6.34. The van der Waals surface area contributed by atoms with Crippen LogP contribution in [0, 0.1) is 13.8 Å². The van der Waals surface area contributed by atoms with E-state index in [4.69, 9.17) is 4.74 Å². The summed E-state index contributed by atoms with van der Waals surface area (Å²) in [5, 5.41) is 1.49. The van der Waals surface area contributed by atoms with Crippen LogP contribution in [-0.4, -0.2) is 14.7 Å². The highest BCUT2D eigenvalue weighted by Gasteiger charge is 2.49. The van der Waals surface area contributed by atoms with Crippen LogP contribution < -0.4 is 9.92 Å². The molecule has 1 nitrogen and oxygen atoms in total. The number of thiophene rings is 2. The van der Waals surface area contributed by atoms with E-state index in [1.54, 1.807) is 11.1 Å². The highest BCUT2D eigenvalue weighted by atomic mass is 32.1. The van der Waals surface area contributed by atoms with Crippen LogP contribution in [0.5, 0.6) is 5.75 Å². The molecule has 4 rings (SSSR count). The van der Waals surface area contributed by atoms with Gasteiger partial charge in [-0.15, -0.1) is 22.7 Å². The van der Waals surface area contributed by atoms with E-state index in [9.17, 15) is 0 Å². The standard InChI is InChI=1S/C28H36OS2Si/c1-9-15-29-24-22(28(6,7)8)13-12-14-23(24)32(10-2,11-3)27-20-16-18(4)30-25(20)26-21(27)17-19(5)31-26/h9,12-14,16-17,27H,1,10-11,15H2,2-8H3. The minimum atomic E-state index is -2.01. The molecular formula is C28H36OS2Si. The molecule has 1 aromatic carbocycles. The molecule has 2 heterocycles. The largest absolute Gasteiger partial charge is 0.489 e. The van der Waals surface area contributed by atoms with Crippen LogP contribution in [0.1, 0.15) is 66.6 Å². The highest BCUT2D eigenvalue weighted by Crippen LogP contribution is 2.57. The normalized spacial score (nSPS) is 13.8. The fourth-order valence-electron chi connectivity index (χ4n) is 5.63. The Morgan fingerprint density at radius 2 is 1.56 bits per heavy atom. The van der Waals surface area contributed by atoms with Crippen molar-refractivity contribution in [3.63, 3.8) is 0 Å². The fraction of sp³-hybridized carbons (Fsp3) is 0.429. The maximum atomic E-state index is 6.52. The van der Waals surface area contributed by atoms with Crippen LogP contribution in [0.15, 0.2) is 43.0 Å². The molecule has 0 N–H and O–H groups in total. The van der Waals surface area contributed by atoms with Crippen LogP contribution >= 0.6 is 22.7 Å². The third-order valence-corrected chi connectivity index (χ3v) is 15.1. The van der Waals surface area contributed by atoms with Crippen LogP contribution in [0.4, 0.5) is 0 Å². The van der Waals surface area contributed by atoms with Crippen molar-refractivity contribution in [1.29, 1.82) is 0 Å². The quantitative estimate of drug-likeness (QED) is 0.244. The van der Waals surface area contributed by atoms with E-state index < -0.39 is 8.07 Å². The Labute approximate surface area is 203 Å². The van der Waals surface area contributed by atoms with E-state index in [0.29, 0.717) is 12.1 Å². The second kappa shape index (κ2) is 8.62. The second-order valence-corrected chi connectivity index (χ2v) is 17.5. The van der Waals surface area contributed by atoms with E-state index in [2.05, 4.69) is 85.4 Å². The molecule has 0 spiro atoms. The average Bonchev–Trinajstić information content (AvgIpc) is 3.38. The molecule has 2 aromatic heterocycles. The van der Waals surface area contributed by atoms with Gasteiger partial charge < -0.3 is 4.74 Å². The Balaban J connectivity index is 2.01. The molecule has 0 radical (unpaired) electrons. The zero-order valence-corrected chi connectivity index (χ0v) is 23.2. The highest BCUT2D eigenvalue weighted by molar-refractivity contribution is 7.23. The van der Waals surface area contributed by atoms with Crippen molar-refractivity contribution >= 4 is 35.9 Å². The first-order valence-electron chi connectivity index (χ1n) is 11.8. The van der Waals surface area contributed by atoms with Gasteiger partial charge >= 0.3 is 0 Å². The van der Waals surface area contributed by atoms with Crippen molar-refractivity contribution in [3.05, 3.63) is 69.4 Å². The van der Waals surface area contributed by atoms with Crippen molar-refractivity contribution in [1.82, 2.24) is 0 Å². The molecule has 0 unspecified atom stereocenters. The summed E-state index contributed by atoms with van der Waals surface area (Å²) in [6, 6.07) is 14.3. The molecule has 0 bridgehead atoms. The molecule has 4 heteroatoms. The molecule has 32 heavy (non-hydrogen) atoms. The van der Waals surface area contributed by atoms with E-state index in [1.807, 2.05) is 28.7 Å². The lowest BCUT2D eigenvalue weighted by Crippen LogP contribution is -2.53. The van der Waals surface area contributed by atoms with Gasteiger partial charge in [-0.2, -0.15) is 0 Å². The summed E-state index contributed by atoms with van der Waals surface area (Å²) in [5.41, 5.74) is 5.01. The zero-order valence-electron chi connectivity index (χ0n) is 20.6. The molecule has 170 valence electrons. The van der Waals surface area contributed by atoms with E-state index in [0.717, 1.165) is 5.75 Å². The summed E-state index contributed by atoms with van der Waals surface area (Å²) in [4.78, 5) is 5.91. The Hall–Kier alpha value is -1.62. The summed E-state index contributed by atoms with van der Waals surface area (Å²) >= 11 is 3.97. The summed E-state index contributed by atoms with van der Waals surface area (Å²) < 4.78 is 6.52. The minimum absolute atomic E-state index is 0.0259. The fourth-order valence-corrected chi connectivity index (χ4v) is 13.2. The molecule has 0 fully saturated rings. The van der Waals surface area contributed by atoms with Crippen molar-refractivity contribution in [3.8, 4) is 15.5 Å². The maximum Gasteiger partial charge on any atom is 0.122 e. The van der Waals surface area contributed by atoms with E-state index >= 15 is 0 Å². The van der Waals surface area contributed by atoms with Gasteiger partial charge in [0.15, 0.2) is 0 Å². The van der Waals surface area contributed by atoms with Gasteiger partial charge in [-0.3, -0.25) is 0 Å². The average molecular weight is 481 g/mol. The molecule has 0 amide bonds. The van der Waals surface area contributed by atoms with E-state index in [1.165, 1.54) is 42.3 Å². The van der Waals surface area contributed by atoms with Gasteiger partial charge in [0.1, 0.15) is 20.4 Å². The van der Waals surface area contributed by atoms with Crippen LogP contribution in [0.3, 0.4) is 0 Å². The zero-order chi connectivity index (χ0) is 23.3. The summed E-state index contributed by atoms with van der Waals surface area (Å²) in [6.45, 7) is 20.7. The predicted octanol–water partition coefficient (Wildman–Crippen LogP) is 8.34. The molecule has 0 atom stereocenters. The second-order valence-electron chi connectivity index (χ2n) is 10.1. The topological polar surface area (TPSA) is 9.23 Å². The van der Waals surface area contributed by atoms with Crippen molar-refractivity contribution < 1.29 is 4.74 Å². The molecule has 0 saturated carbocycles. The molecular weight excluding hydrogens is 445 g/mol. The Morgan fingerprint density at radius 1 is 1.00 bits per heavy atom. The Bertz CT molecular complexity index is 1090. The van der Waals surface area contributed by atoms with E-state index in [-0.39, 0.29) is 5.41 Å². The first-order valence-corrected chi connectivity index (χ1v) is 15.9. The van der Waals surface area contributed by atoms with Gasteiger partial charge in [0.2, 0.25) is 0 Å². The monoisotopic (exact) mass is 480 g/mol. The number of hydrogen-bond donors (Lipinski definition) is 0. The summed E-state index contributed by atoms with van der Waals surface area (Å²) in [5.74, 6) is 1.13. The number of fused-ring (bicyclic) bond motifs is 3. The SMILES string of the molecule is C=CCOc1c(C(C)(C)C)cccc1[Si](CC)(CC)C1c2cc(C)sc2-c2sc(C)cc21. The number of benzene rings is 1. The molecule has 1 aliphatic rings. The summed E-state index contributed by atoms with van der Waals surface area (Å²) in [7, 11) is -2.01. The first-order chi connectivity index (χ1) is 15.2. The lowest BCUT2D eigenvalue weighted by atomic mass is 9.86. The van der Waals surface area contributed by atoms with Crippen molar-refractivity contribution in [2.45, 2.75) is 71.5 Å². The third-order valence-electron chi connectivity index (χ3n) is 7.12. The van der Waals surface area contributed by atoms with Crippen molar-refractivity contribution in [2.75, 3.05) is 6.61 Å². The first kappa shape index (κ1) is 23.5. The molecule has 1 aliphatic carbocycles. The number of aryl methyl sites for hydroxylation is 2. The summed E-state index contributed by atoms with van der Waals surface area (Å²) in [6.07, 6.45) is 1.88. The molecule has 0 aliphatic heterocycles. The number of ether oxygens (including phenoxy) is 1.